The lowest BCUT2D eigenvalue weighted by Crippen LogP contribution is -2.15. The summed E-state index contributed by atoms with van der Waals surface area (Å²) < 4.78 is 14.9. The number of carbonyl (C=O) groups excluding carboxylic acids is 1. The summed E-state index contributed by atoms with van der Waals surface area (Å²) in [6, 6.07) is 9.74. The van der Waals surface area contributed by atoms with E-state index in [2.05, 4.69) is 10.3 Å². The molecule has 3 rings (SSSR count). The number of aromatic nitrogens is 2. The van der Waals surface area contributed by atoms with Crippen LogP contribution in [0.3, 0.4) is 0 Å². The maximum atomic E-state index is 13.2. The van der Waals surface area contributed by atoms with Crippen LogP contribution in [0.15, 0.2) is 48.0 Å². The molecule has 0 radical (unpaired) electrons. The predicted octanol–water partition coefficient (Wildman–Crippen LogP) is 3.54. The summed E-state index contributed by atoms with van der Waals surface area (Å²) in [5.74, 6) is -0.530. The van der Waals surface area contributed by atoms with Gasteiger partial charge in [-0.05, 0) is 24.3 Å². The molecule has 0 bridgehead atoms. The predicted molar refractivity (Wildman–Crippen MR) is 80.9 cm³/mol. The van der Waals surface area contributed by atoms with E-state index in [0.717, 1.165) is 0 Å². The second kappa shape index (κ2) is 5.49. The second-order valence-corrected chi connectivity index (χ2v) is 5.36. The Kier molecular flexibility index (Phi) is 3.53. The number of aryl methyl sites for hydroxylation is 1. The van der Waals surface area contributed by atoms with E-state index in [1.54, 1.807) is 47.5 Å². The maximum Gasteiger partial charge on any atom is 0.274 e. The lowest BCUT2D eigenvalue weighted by Gasteiger charge is -2.02. The summed E-state index contributed by atoms with van der Waals surface area (Å²) in [4.78, 5) is 16.4. The number of anilines is 1. The number of carbonyl (C=O) groups is 1. The molecule has 1 amide bonds. The average Bonchev–Trinajstić information content (AvgIpc) is 3.08. The summed E-state index contributed by atoms with van der Waals surface area (Å²) in [7, 11) is 1.80. The Labute approximate surface area is 124 Å². The Morgan fingerprint density at radius 1 is 1.33 bits per heavy atom. The lowest BCUT2D eigenvalue weighted by atomic mass is 10.2. The van der Waals surface area contributed by atoms with Gasteiger partial charge in [0.15, 0.2) is 5.13 Å². The zero-order chi connectivity index (χ0) is 14.8. The first-order chi connectivity index (χ1) is 10.1. The highest BCUT2D eigenvalue weighted by atomic mass is 32.1. The van der Waals surface area contributed by atoms with Crippen molar-refractivity contribution in [3.63, 3.8) is 0 Å². The van der Waals surface area contributed by atoms with Crippen molar-refractivity contribution in [2.24, 2.45) is 7.05 Å². The Morgan fingerprint density at radius 3 is 2.90 bits per heavy atom. The van der Waals surface area contributed by atoms with Crippen LogP contribution in [0.1, 0.15) is 10.5 Å². The normalized spacial score (nSPS) is 10.6. The van der Waals surface area contributed by atoms with Gasteiger partial charge in [-0.1, -0.05) is 12.1 Å². The fourth-order valence-electron chi connectivity index (χ4n) is 1.97. The molecule has 106 valence electrons. The van der Waals surface area contributed by atoms with Crippen LogP contribution >= 0.6 is 11.3 Å². The van der Waals surface area contributed by atoms with Crippen LogP contribution in [0.4, 0.5) is 9.52 Å². The standard InChI is InChI=1S/C15H12FN3OS/c1-19-7-3-6-13(19)14(20)18-15-17-12(9-21-15)10-4-2-5-11(16)8-10/h2-9H,1H3,(H,17,18,20). The highest BCUT2D eigenvalue weighted by Crippen LogP contribution is 2.25. The zero-order valence-corrected chi connectivity index (χ0v) is 12.0. The van der Waals surface area contributed by atoms with Gasteiger partial charge in [0.05, 0.1) is 5.69 Å². The van der Waals surface area contributed by atoms with E-state index in [1.807, 2.05) is 0 Å². The lowest BCUT2D eigenvalue weighted by molar-refractivity contribution is 0.101. The van der Waals surface area contributed by atoms with E-state index >= 15 is 0 Å². The molecule has 1 N–H and O–H groups in total. The van der Waals surface area contributed by atoms with E-state index in [1.165, 1.54) is 23.5 Å². The molecule has 3 aromatic rings. The van der Waals surface area contributed by atoms with Crippen LogP contribution in [-0.2, 0) is 7.05 Å². The number of rotatable bonds is 3. The Balaban J connectivity index is 1.80. The van der Waals surface area contributed by atoms with Crippen molar-refractivity contribution in [2.75, 3.05) is 5.32 Å². The fourth-order valence-corrected chi connectivity index (χ4v) is 2.68. The molecule has 4 nitrogen and oxygen atoms in total. The summed E-state index contributed by atoms with van der Waals surface area (Å²) in [5, 5.41) is 5.02. The van der Waals surface area contributed by atoms with Crippen LogP contribution in [0.2, 0.25) is 0 Å². The molecule has 0 spiro atoms. The molecule has 0 atom stereocenters. The van der Waals surface area contributed by atoms with Gasteiger partial charge in [0.1, 0.15) is 11.5 Å². The molecular formula is C15H12FN3OS. The molecular weight excluding hydrogens is 289 g/mol. The van der Waals surface area contributed by atoms with E-state index < -0.39 is 0 Å². The molecule has 2 heterocycles. The minimum atomic E-state index is -0.310. The number of hydrogen-bond donors (Lipinski definition) is 1. The first-order valence-corrected chi connectivity index (χ1v) is 7.15. The number of nitrogens with zero attached hydrogens (tertiary/aromatic N) is 2. The smallest absolute Gasteiger partial charge is 0.274 e. The number of nitrogens with one attached hydrogen (secondary N) is 1. The van der Waals surface area contributed by atoms with Crippen LogP contribution in [0, 0.1) is 5.82 Å². The number of amides is 1. The minimum Gasteiger partial charge on any atom is -0.347 e. The van der Waals surface area contributed by atoms with Crippen LogP contribution in [0.25, 0.3) is 11.3 Å². The molecule has 0 saturated carbocycles. The quantitative estimate of drug-likeness (QED) is 0.804. The SMILES string of the molecule is Cn1cccc1C(=O)Nc1nc(-c2cccc(F)c2)cs1. The number of thiazole rings is 1. The van der Waals surface area contributed by atoms with Gasteiger partial charge in [-0.2, -0.15) is 0 Å². The fraction of sp³-hybridized carbons (Fsp3) is 0.0667. The first kappa shape index (κ1) is 13.5. The molecule has 0 aliphatic carbocycles. The van der Waals surface area contributed by atoms with Gasteiger partial charge in [0, 0.05) is 24.2 Å². The van der Waals surface area contributed by atoms with Gasteiger partial charge in [-0.15, -0.1) is 11.3 Å². The Hall–Kier alpha value is -2.47. The van der Waals surface area contributed by atoms with Gasteiger partial charge in [0.2, 0.25) is 0 Å². The molecule has 0 aliphatic rings. The van der Waals surface area contributed by atoms with Crippen molar-refractivity contribution in [1.82, 2.24) is 9.55 Å². The van der Waals surface area contributed by atoms with E-state index in [-0.39, 0.29) is 11.7 Å². The van der Waals surface area contributed by atoms with E-state index in [4.69, 9.17) is 0 Å². The summed E-state index contributed by atoms with van der Waals surface area (Å²) in [6.07, 6.45) is 1.80. The van der Waals surface area contributed by atoms with Crippen molar-refractivity contribution >= 4 is 22.4 Å². The van der Waals surface area contributed by atoms with Crippen molar-refractivity contribution in [3.8, 4) is 11.3 Å². The average molecular weight is 301 g/mol. The summed E-state index contributed by atoms with van der Waals surface area (Å²) in [5.41, 5.74) is 1.88. The van der Waals surface area contributed by atoms with Gasteiger partial charge < -0.3 is 4.57 Å². The maximum absolute atomic E-state index is 13.2. The number of benzene rings is 1. The summed E-state index contributed by atoms with van der Waals surface area (Å²) in [6.45, 7) is 0. The minimum absolute atomic E-state index is 0.220. The Bertz CT molecular complexity index is 794. The second-order valence-electron chi connectivity index (χ2n) is 4.51. The highest BCUT2D eigenvalue weighted by molar-refractivity contribution is 7.14. The van der Waals surface area contributed by atoms with Gasteiger partial charge in [-0.3, -0.25) is 10.1 Å². The first-order valence-electron chi connectivity index (χ1n) is 6.27. The van der Waals surface area contributed by atoms with Crippen molar-refractivity contribution in [3.05, 3.63) is 59.5 Å². The topological polar surface area (TPSA) is 46.9 Å². The number of hydrogen-bond acceptors (Lipinski definition) is 3. The van der Waals surface area contributed by atoms with Crippen molar-refractivity contribution < 1.29 is 9.18 Å². The molecule has 2 aromatic heterocycles. The van der Waals surface area contributed by atoms with Crippen molar-refractivity contribution in [2.45, 2.75) is 0 Å². The van der Waals surface area contributed by atoms with Gasteiger partial charge >= 0.3 is 0 Å². The number of halogens is 1. The van der Waals surface area contributed by atoms with Crippen LogP contribution in [-0.4, -0.2) is 15.5 Å². The van der Waals surface area contributed by atoms with E-state index in [9.17, 15) is 9.18 Å². The van der Waals surface area contributed by atoms with E-state index in [0.29, 0.717) is 22.1 Å². The third kappa shape index (κ3) is 2.85. The van der Waals surface area contributed by atoms with Crippen molar-refractivity contribution in [1.29, 1.82) is 0 Å². The third-order valence-electron chi connectivity index (χ3n) is 3.02. The largest absolute Gasteiger partial charge is 0.347 e. The van der Waals surface area contributed by atoms with Gasteiger partial charge in [-0.25, -0.2) is 9.37 Å². The molecule has 21 heavy (non-hydrogen) atoms. The molecule has 6 heteroatoms. The molecule has 0 aliphatic heterocycles. The molecule has 0 saturated heterocycles. The molecule has 0 unspecified atom stereocenters. The zero-order valence-electron chi connectivity index (χ0n) is 11.2. The third-order valence-corrected chi connectivity index (χ3v) is 3.78. The van der Waals surface area contributed by atoms with Crippen LogP contribution in [0.5, 0.6) is 0 Å². The Morgan fingerprint density at radius 2 is 2.19 bits per heavy atom. The molecule has 1 aromatic carbocycles. The monoisotopic (exact) mass is 301 g/mol. The molecule has 0 fully saturated rings. The van der Waals surface area contributed by atoms with Crippen LogP contribution < -0.4 is 5.32 Å². The van der Waals surface area contributed by atoms with Gasteiger partial charge in [0.25, 0.3) is 5.91 Å². The summed E-state index contributed by atoms with van der Waals surface area (Å²) >= 11 is 1.31. The highest BCUT2D eigenvalue weighted by Gasteiger charge is 2.12.